The molecular formula is C10H10O. The first-order valence-electron chi connectivity index (χ1n) is 3.75. The Morgan fingerprint density at radius 1 is 1.27 bits per heavy atom. The van der Waals surface area contributed by atoms with Crippen LogP contribution in [-0.2, 0) is 4.74 Å². The highest BCUT2D eigenvalue weighted by molar-refractivity contribution is 5.43. The Hall–Kier alpha value is -1.24. The summed E-state index contributed by atoms with van der Waals surface area (Å²) in [6, 6.07) is 0. The van der Waals surface area contributed by atoms with Crippen LogP contribution in [0.15, 0.2) is 47.8 Å². The zero-order valence-corrected chi connectivity index (χ0v) is 6.45. The zero-order valence-electron chi connectivity index (χ0n) is 6.45. The second-order valence-electron chi connectivity index (χ2n) is 2.74. The molecule has 0 aromatic rings. The van der Waals surface area contributed by atoms with Gasteiger partial charge in [0.25, 0.3) is 0 Å². The summed E-state index contributed by atoms with van der Waals surface area (Å²) in [4.78, 5) is 0. The number of rotatable bonds is 0. The van der Waals surface area contributed by atoms with Crippen LogP contribution in [0.4, 0.5) is 0 Å². The fourth-order valence-corrected chi connectivity index (χ4v) is 1.32. The monoisotopic (exact) mass is 146 g/mol. The highest BCUT2D eigenvalue weighted by Gasteiger charge is 2.15. The summed E-state index contributed by atoms with van der Waals surface area (Å²) in [6.45, 7) is 2.10. The minimum absolute atomic E-state index is 0.157. The number of ether oxygens (including phenoxy) is 1. The molecule has 0 saturated heterocycles. The average molecular weight is 146 g/mol. The standard InChI is InChI=1S/C10H10O/c1-8-6-7-11-10-5-3-2-4-9(8)10/h2-7,10H,1H3. The topological polar surface area (TPSA) is 9.23 Å². The SMILES string of the molecule is CC1=C2C=CC=CC2OC=C1. The van der Waals surface area contributed by atoms with E-state index in [1.165, 1.54) is 11.1 Å². The first kappa shape index (κ1) is 6.47. The highest BCUT2D eigenvalue weighted by atomic mass is 16.5. The molecule has 0 bridgehead atoms. The fourth-order valence-electron chi connectivity index (χ4n) is 1.32. The smallest absolute Gasteiger partial charge is 0.142 e. The highest BCUT2D eigenvalue weighted by Crippen LogP contribution is 2.23. The van der Waals surface area contributed by atoms with E-state index >= 15 is 0 Å². The third-order valence-corrected chi connectivity index (χ3v) is 1.98. The van der Waals surface area contributed by atoms with Crippen molar-refractivity contribution in [2.24, 2.45) is 0 Å². The minimum Gasteiger partial charge on any atom is -0.489 e. The van der Waals surface area contributed by atoms with E-state index in [0.29, 0.717) is 0 Å². The van der Waals surface area contributed by atoms with Gasteiger partial charge in [0, 0.05) is 0 Å². The van der Waals surface area contributed by atoms with E-state index in [9.17, 15) is 0 Å². The van der Waals surface area contributed by atoms with Crippen LogP contribution in [0.2, 0.25) is 0 Å². The van der Waals surface area contributed by atoms with Gasteiger partial charge in [-0.1, -0.05) is 18.2 Å². The number of hydrogen-bond donors (Lipinski definition) is 0. The van der Waals surface area contributed by atoms with Crippen molar-refractivity contribution in [1.29, 1.82) is 0 Å². The van der Waals surface area contributed by atoms with Gasteiger partial charge in [0.05, 0.1) is 6.26 Å². The minimum atomic E-state index is 0.157. The molecule has 56 valence electrons. The van der Waals surface area contributed by atoms with Gasteiger partial charge in [-0.05, 0) is 30.2 Å². The second kappa shape index (κ2) is 2.42. The molecule has 0 N–H and O–H groups in total. The van der Waals surface area contributed by atoms with Gasteiger partial charge in [0.15, 0.2) is 0 Å². The lowest BCUT2D eigenvalue weighted by molar-refractivity contribution is 0.214. The first-order chi connectivity index (χ1) is 5.38. The summed E-state index contributed by atoms with van der Waals surface area (Å²) in [6.07, 6.45) is 12.1. The van der Waals surface area contributed by atoms with E-state index < -0.39 is 0 Å². The van der Waals surface area contributed by atoms with Crippen molar-refractivity contribution in [3.63, 3.8) is 0 Å². The van der Waals surface area contributed by atoms with Crippen molar-refractivity contribution in [2.75, 3.05) is 0 Å². The van der Waals surface area contributed by atoms with E-state index in [4.69, 9.17) is 4.74 Å². The van der Waals surface area contributed by atoms with Crippen LogP contribution < -0.4 is 0 Å². The second-order valence-corrected chi connectivity index (χ2v) is 2.74. The molecule has 0 fully saturated rings. The molecule has 0 amide bonds. The predicted octanol–water partition coefficient (Wildman–Crippen LogP) is 2.34. The Balaban J connectivity index is 2.43. The molecule has 1 aliphatic heterocycles. The van der Waals surface area contributed by atoms with Gasteiger partial charge in [-0.25, -0.2) is 0 Å². The summed E-state index contributed by atoms with van der Waals surface area (Å²) in [5.74, 6) is 0. The molecule has 0 aromatic carbocycles. The number of hydrogen-bond acceptors (Lipinski definition) is 1. The van der Waals surface area contributed by atoms with Crippen molar-refractivity contribution < 1.29 is 4.74 Å². The molecule has 1 aliphatic carbocycles. The summed E-state index contributed by atoms with van der Waals surface area (Å²) < 4.78 is 5.38. The largest absolute Gasteiger partial charge is 0.489 e. The van der Waals surface area contributed by atoms with Gasteiger partial charge in [-0.3, -0.25) is 0 Å². The Kier molecular flexibility index (Phi) is 1.42. The Morgan fingerprint density at radius 3 is 3.00 bits per heavy atom. The van der Waals surface area contributed by atoms with Crippen molar-refractivity contribution in [1.82, 2.24) is 0 Å². The fraction of sp³-hybridized carbons (Fsp3) is 0.200. The van der Waals surface area contributed by atoms with Gasteiger partial charge >= 0.3 is 0 Å². The predicted molar refractivity (Wildman–Crippen MR) is 45.0 cm³/mol. The molecule has 0 spiro atoms. The van der Waals surface area contributed by atoms with Crippen LogP contribution in [0.5, 0.6) is 0 Å². The van der Waals surface area contributed by atoms with Crippen LogP contribution >= 0.6 is 0 Å². The van der Waals surface area contributed by atoms with Gasteiger partial charge in [-0.2, -0.15) is 0 Å². The van der Waals surface area contributed by atoms with Crippen molar-refractivity contribution >= 4 is 0 Å². The third-order valence-electron chi connectivity index (χ3n) is 1.98. The van der Waals surface area contributed by atoms with Crippen LogP contribution in [-0.4, -0.2) is 6.10 Å². The molecule has 11 heavy (non-hydrogen) atoms. The summed E-state index contributed by atoms with van der Waals surface area (Å²) >= 11 is 0. The van der Waals surface area contributed by atoms with E-state index in [0.717, 1.165) is 0 Å². The van der Waals surface area contributed by atoms with Crippen LogP contribution in [0.1, 0.15) is 6.92 Å². The van der Waals surface area contributed by atoms with Gasteiger partial charge < -0.3 is 4.74 Å². The molecule has 1 atom stereocenters. The van der Waals surface area contributed by atoms with E-state index in [1.54, 1.807) is 6.26 Å². The van der Waals surface area contributed by atoms with Gasteiger partial charge in [0.1, 0.15) is 6.10 Å². The molecule has 2 rings (SSSR count). The Morgan fingerprint density at radius 2 is 2.18 bits per heavy atom. The van der Waals surface area contributed by atoms with Crippen LogP contribution in [0.3, 0.4) is 0 Å². The maximum Gasteiger partial charge on any atom is 0.142 e. The molecule has 1 nitrogen and oxygen atoms in total. The molecule has 0 aromatic heterocycles. The Labute approximate surface area is 66.4 Å². The molecule has 2 aliphatic rings. The van der Waals surface area contributed by atoms with Crippen LogP contribution in [0.25, 0.3) is 0 Å². The van der Waals surface area contributed by atoms with Crippen LogP contribution in [0, 0.1) is 0 Å². The normalized spacial score (nSPS) is 26.8. The summed E-state index contributed by atoms with van der Waals surface area (Å²) in [7, 11) is 0. The average Bonchev–Trinajstić information content (AvgIpc) is 2.06. The lowest BCUT2D eigenvalue weighted by atomic mass is 9.98. The summed E-state index contributed by atoms with van der Waals surface area (Å²) in [5, 5.41) is 0. The quantitative estimate of drug-likeness (QED) is 0.509. The van der Waals surface area contributed by atoms with Crippen molar-refractivity contribution in [3.05, 3.63) is 47.8 Å². The molecule has 0 saturated carbocycles. The van der Waals surface area contributed by atoms with Crippen molar-refractivity contribution in [3.8, 4) is 0 Å². The van der Waals surface area contributed by atoms with E-state index in [-0.39, 0.29) is 6.10 Å². The lowest BCUT2D eigenvalue weighted by Gasteiger charge is -2.21. The summed E-state index contributed by atoms with van der Waals surface area (Å²) in [5.41, 5.74) is 2.57. The zero-order chi connectivity index (χ0) is 7.68. The Bertz CT molecular complexity index is 279. The maximum absolute atomic E-state index is 5.38. The number of fused-ring (bicyclic) bond motifs is 1. The lowest BCUT2D eigenvalue weighted by Crippen LogP contribution is -2.14. The molecular weight excluding hydrogens is 136 g/mol. The van der Waals surface area contributed by atoms with Gasteiger partial charge in [-0.15, -0.1) is 0 Å². The molecule has 1 heteroatoms. The molecule has 1 heterocycles. The molecule has 1 unspecified atom stereocenters. The first-order valence-corrected chi connectivity index (χ1v) is 3.75. The maximum atomic E-state index is 5.38. The third kappa shape index (κ3) is 1.03. The number of allylic oxidation sites excluding steroid dienone is 4. The van der Waals surface area contributed by atoms with E-state index in [2.05, 4.69) is 19.1 Å². The van der Waals surface area contributed by atoms with Gasteiger partial charge in [0.2, 0.25) is 0 Å². The van der Waals surface area contributed by atoms with Crippen molar-refractivity contribution in [2.45, 2.75) is 13.0 Å². The molecule has 0 radical (unpaired) electrons. The van der Waals surface area contributed by atoms with E-state index in [1.807, 2.05) is 18.2 Å².